The van der Waals surface area contributed by atoms with Crippen molar-refractivity contribution < 1.29 is 35.5 Å². The van der Waals surface area contributed by atoms with Gasteiger partial charge in [0.25, 0.3) is 5.92 Å². The van der Waals surface area contributed by atoms with Crippen LogP contribution in [0.25, 0.3) is 0 Å². The topological polar surface area (TPSA) is 87.4 Å². The molecule has 14 heteroatoms. The number of halogens is 7. The number of amides is 1. The molecule has 1 amide bonds. The molecule has 7 nitrogen and oxygen atoms in total. The van der Waals surface area contributed by atoms with Crippen LogP contribution in [-0.2, 0) is 11.0 Å². The predicted molar refractivity (Wildman–Crippen MR) is 134 cm³/mol. The van der Waals surface area contributed by atoms with Gasteiger partial charge in [-0.1, -0.05) is 27.0 Å². The molecule has 0 saturated carbocycles. The third-order valence-corrected chi connectivity index (χ3v) is 6.61. The van der Waals surface area contributed by atoms with E-state index in [1.165, 1.54) is 0 Å². The molecule has 0 aliphatic carbocycles. The Morgan fingerprint density at radius 3 is 2.41 bits per heavy atom. The number of alkyl halides is 6. The van der Waals surface area contributed by atoms with Gasteiger partial charge in [-0.15, -0.1) is 0 Å². The van der Waals surface area contributed by atoms with Gasteiger partial charge < -0.3 is 16.0 Å². The summed E-state index contributed by atoms with van der Waals surface area (Å²) in [5.41, 5.74) is 4.36. The highest BCUT2D eigenvalue weighted by atomic mass is 19.4. The molecule has 2 aromatic rings. The van der Waals surface area contributed by atoms with Gasteiger partial charge in [0.1, 0.15) is 12.5 Å². The van der Waals surface area contributed by atoms with Crippen LogP contribution < -0.4 is 16.0 Å². The first-order valence-electron chi connectivity index (χ1n) is 11.5. The van der Waals surface area contributed by atoms with Crippen molar-refractivity contribution in [2.75, 3.05) is 42.9 Å². The lowest BCUT2D eigenvalue weighted by molar-refractivity contribution is -0.137. The van der Waals surface area contributed by atoms with Gasteiger partial charge in [-0.05, 0) is 30.7 Å². The van der Waals surface area contributed by atoms with E-state index in [2.05, 4.69) is 15.3 Å². The van der Waals surface area contributed by atoms with Crippen LogP contribution in [0.2, 0.25) is 0 Å². The van der Waals surface area contributed by atoms with E-state index in [0.717, 1.165) is 35.5 Å². The zero-order chi connectivity index (χ0) is 27.0. The Morgan fingerprint density at radius 2 is 1.82 bits per heavy atom. The highest BCUT2D eigenvalue weighted by molar-refractivity contribution is 5.75. The molecule has 1 aromatic heterocycles. The van der Waals surface area contributed by atoms with Crippen LogP contribution in [0.5, 0.6) is 0 Å². The molecule has 0 spiro atoms. The fourth-order valence-electron chi connectivity index (χ4n) is 4.75. The summed E-state index contributed by atoms with van der Waals surface area (Å²) in [4.78, 5) is 21.3. The Bertz CT molecular complexity index is 1120. The van der Waals surface area contributed by atoms with E-state index in [4.69, 9.17) is 5.73 Å². The fourth-order valence-corrected chi connectivity index (χ4v) is 4.75. The number of carbonyl (C=O) groups is 1. The zero-order valence-electron chi connectivity index (χ0n) is 19.5. The molecule has 218 valence electrons. The lowest BCUT2D eigenvalue weighted by atomic mass is 9.95. The maximum absolute atomic E-state index is 15.4. The average molecular weight is 567 g/mol. The number of nitrogens with zero attached hydrogens (tertiary/aromatic N) is 4. The van der Waals surface area contributed by atoms with Crippen LogP contribution >= 0.6 is 0 Å². The minimum absolute atomic E-state index is 0. The van der Waals surface area contributed by atoms with Gasteiger partial charge in [-0.2, -0.15) is 17.6 Å². The van der Waals surface area contributed by atoms with Crippen molar-refractivity contribution in [1.29, 1.82) is 0 Å². The number of nitrogens with one attached hydrogen (secondary N) is 1. The summed E-state index contributed by atoms with van der Waals surface area (Å²) in [6.07, 6.45) is -5.29. The van der Waals surface area contributed by atoms with Gasteiger partial charge in [0.15, 0.2) is 11.6 Å². The van der Waals surface area contributed by atoms with Crippen molar-refractivity contribution in [3.8, 4) is 0 Å². The highest BCUT2D eigenvalue weighted by Crippen LogP contribution is 2.44. The summed E-state index contributed by atoms with van der Waals surface area (Å²) < 4.78 is 97.4. The van der Waals surface area contributed by atoms with Crippen molar-refractivity contribution >= 4 is 17.5 Å². The van der Waals surface area contributed by atoms with Gasteiger partial charge in [0.05, 0.1) is 24.7 Å². The first-order chi connectivity index (χ1) is 17.3. The Balaban J connectivity index is 0.00000267. The summed E-state index contributed by atoms with van der Waals surface area (Å²) in [6.45, 7) is -0.547. The monoisotopic (exact) mass is 566 g/mol. The van der Waals surface area contributed by atoms with E-state index in [1.54, 1.807) is 4.90 Å². The average Bonchev–Trinajstić information content (AvgIpc) is 3.13. The molecule has 2 saturated heterocycles. The summed E-state index contributed by atoms with van der Waals surface area (Å²) in [5.74, 6) is -6.09. The molecule has 3 atom stereocenters. The van der Waals surface area contributed by atoms with Crippen LogP contribution in [0.15, 0.2) is 30.6 Å². The molecule has 3 N–H and O–H groups in total. The highest BCUT2D eigenvalue weighted by Gasteiger charge is 2.47. The van der Waals surface area contributed by atoms with E-state index < -0.39 is 66.3 Å². The van der Waals surface area contributed by atoms with E-state index in [9.17, 15) is 31.1 Å². The van der Waals surface area contributed by atoms with Crippen LogP contribution in [0.1, 0.15) is 44.9 Å². The van der Waals surface area contributed by atoms with Gasteiger partial charge >= 0.3 is 6.18 Å². The molecule has 2 aliphatic heterocycles. The molecule has 0 unspecified atom stereocenters. The fraction of sp³-hybridized carbons (Fsp3) is 0.560. The van der Waals surface area contributed by atoms with E-state index >= 15 is 4.39 Å². The maximum atomic E-state index is 15.4. The second-order valence-electron chi connectivity index (χ2n) is 9.33. The summed E-state index contributed by atoms with van der Waals surface area (Å²) >= 11 is 0. The molecule has 39 heavy (non-hydrogen) atoms. The van der Waals surface area contributed by atoms with Crippen LogP contribution in [-0.4, -0.2) is 65.6 Å². The summed E-state index contributed by atoms with van der Waals surface area (Å²) in [7, 11) is 0. The Labute approximate surface area is 222 Å². The Morgan fingerprint density at radius 1 is 1.15 bits per heavy atom. The largest absolute Gasteiger partial charge is 0.416 e. The number of hydrogen-bond acceptors (Lipinski definition) is 6. The van der Waals surface area contributed by atoms with E-state index in [-0.39, 0.29) is 45.9 Å². The van der Waals surface area contributed by atoms with Gasteiger partial charge in [-0.3, -0.25) is 9.69 Å². The maximum Gasteiger partial charge on any atom is 0.416 e. The second kappa shape index (κ2) is 12.3. The van der Waals surface area contributed by atoms with E-state index in [1.807, 2.05) is 0 Å². The Hall–Kier alpha value is -3.16. The second-order valence-corrected chi connectivity index (χ2v) is 9.33. The summed E-state index contributed by atoms with van der Waals surface area (Å²) in [5, 5.41) is 2.72. The molecule has 4 rings (SSSR count). The third-order valence-electron chi connectivity index (χ3n) is 6.61. The molecular weight excluding hydrogens is 533 g/mol. The number of piperidine rings is 1. The zero-order valence-corrected chi connectivity index (χ0v) is 19.5. The van der Waals surface area contributed by atoms with Gasteiger partial charge in [-0.25, -0.2) is 23.1 Å². The Kier molecular flexibility index (Phi) is 10.1. The SMILES string of the molecule is C.C.NC(=O)CN1CC[C@H](CNc2ncnc(N3CC(F)(F)C[C@@H]3c3ccc(C(F)(F)F)cc3)c2F)[C@@H](F)C1. The molecule has 2 aliphatic rings. The molecule has 3 heterocycles. The lowest BCUT2D eigenvalue weighted by Crippen LogP contribution is -2.46. The van der Waals surface area contributed by atoms with Gasteiger partial charge in [0.2, 0.25) is 11.7 Å². The molecule has 1 aromatic carbocycles. The number of primary amides is 1. The number of likely N-dealkylation sites (tertiary alicyclic amines) is 1. The predicted octanol–water partition coefficient (Wildman–Crippen LogP) is 5.05. The number of benzene rings is 1. The lowest BCUT2D eigenvalue weighted by Gasteiger charge is -2.34. The molecule has 0 radical (unpaired) electrons. The van der Waals surface area contributed by atoms with Crippen LogP contribution in [0.3, 0.4) is 0 Å². The first kappa shape index (κ1) is 32.1. The number of rotatable bonds is 7. The molecule has 0 bridgehead atoms. The van der Waals surface area contributed by atoms with Crippen molar-refractivity contribution in [2.24, 2.45) is 11.7 Å². The van der Waals surface area contributed by atoms with Gasteiger partial charge in [0, 0.05) is 25.4 Å². The van der Waals surface area contributed by atoms with Crippen LogP contribution in [0, 0.1) is 11.7 Å². The van der Waals surface area contributed by atoms with Crippen molar-refractivity contribution in [3.63, 3.8) is 0 Å². The first-order valence-corrected chi connectivity index (χ1v) is 11.5. The van der Waals surface area contributed by atoms with Crippen molar-refractivity contribution in [3.05, 3.63) is 47.5 Å². The quantitative estimate of drug-likeness (QED) is 0.457. The third kappa shape index (κ3) is 7.49. The normalized spacial score (nSPS) is 23.1. The minimum Gasteiger partial charge on any atom is -0.369 e. The minimum atomic E-state index is -4.59. The number of anilines is 2. The smallest absolute Gasteiger partial charge is 0.369 e. The van der Waals surface area contributed by atoms with Crippen molar-refractivity contribution in [1.82, 2.24) is 14.9 Å². The van der Waals surface area contributed by atoms with Crippen molar-refractivity contribution in [2.45, 2.75) is 52.0 Å². The number of aromatic nitrogens is 2. The summed E-state index contributed by atoms with van der Waals surface area (Å²) in [6, 6.07) is 2.63. The number of nitrogens with two attached hydrogens (primary N) is 1. The van der Waals surface area contributed by atoms with E-state index in [0.29, 0.717) is 13.0 Å². The molecule has 2 fully saturated rings. The standard InChI is InChI=1S/C23H25F7N6O.2CH4/c24-16-9-35(10-18(31)37)6-5-14(16)8-32-20-19(25)21(34-12-33-20)36-11-22(26,27)7-17(36)13-1-3-15(4-2-13)23(28,29)30;;/h1-4,12,14,16-17H,5-11H2,(H2,31,37)(H,32,33,34);2*1H4/t14-,16+,17-;;/m1../s1. The molecular formula is C25H33F7N6O. The number of hydrogen-bond donors (Lipinski definition) is 2. The number of carbonyl (C=O) groups excluding carboxylic acids is 1. The van der Waals surface area contributed by atoms with Crippen LogP contribution in [0.4, 0.5) is 42.4 Å².